The summed E-state index contributed by atoms with van der Waals surface area (Å²) >= 11 is 4.59. The molecule has 3 rings (SSSR count). The van der Waals surface area contributed by atoms with Crippen LogP contribution < -0.4 is 4.74 Å². The van der Waals surface area contributed by atoms with E-state index in [0.717, 1.165) is 28.0 Å². The molecule has 0 aliphatic heterocycles. The lowest BCUT2D eigenvalue weighted by Gasteiger charge is -2.21. The summed E-state index contributed by atoms with van der Waals surface area (Å²) in [6.07, 6.45) is 0. The number of carbonyl (C=O) groups is 3. The van der Waals surface area contributed by atoms with Gasteiger partial charge in [0.15, 0.2) is 17.2 Å². The van der Waals surface area contributed by atoms with Crippen molar-refractivity contribution in [2.45, 2.75) is 20.0 Å². The van der Waals surface area contributed by atoms with Gasteiger partial charge in [0.2, 0.25) is 5.91 Å². The van der Waals surface area contributed by atoms with Gasteiger partial charge in [0, 0.05) is 20.0 Å². The summed E-state index contributed by atoms with van der Waals surface area (Å²) in [7, 11) is 1.25. The number of ether oxygens (including phenoxy) is 2. The first kappa shape index (κ1) is 24.5. The minimum atomic E-state index is -1.16. The van der Waals surface area contributed by atoms with Gasteiger partial charge >= 0.3 is 11.9 Å². The van der Waals surface area contributed by atoms with Gasteiger partial charge < -0.3 is 19.5 Å². The number of rotatable bonds is 9. The van der Waals surface area contributed by atoms with Crippen LogP contribution in [0.15, 0.2) is 59.1 Å². The van der Waals surface area contributed by atoms with E-state index in [4.69, 9.17) is 14.6 Å². The Kier molecular flexibility index (Phi) is 8.24. The fourth-order valence-corrected chi connectivity index (χ4v) is 5.15. The van der Waals surface area contributed by atoms with E-state index < -0.39 is 18.5 Å². The second kappa shape index (κ2) is 11.1. The summed E-state index contributed by atoms with van der Waals surface area (Å²) in [6.45, 7) is 1.85. The number of hydrogen-bond donors (Lipinski definition) is 1. The van der Waals surface area contributed by atoms with Crippen molar-refractivity contribution in [2.24, 2.45) is 0 Å². The number of esters is 1. The first-order valence-corrected chi connectivity index (χ1v) is 11.5. The zero-order chi connectivity index (χ0) is 24.0. The summed E-state index contributed by atoms with van der Waals surface area (Å²) in [6, 6.07) is 17.3. The first-order valence-electron chi connectivity index (χ1n) is 9.94. The monoisotopic (exact) mass is 531 g/mol. The molecule has 0 saturated carbocycles. The summed E-state index contributed by atoms with van der Waals surface area (Å²) in [5, 5.41) is 8.96. The van der Waals surface area contributed by atoms with E-state index in [0.29, 0.717) is 22.4 Å². The highest BCUT2D eigenvalue weighted by Crippen LogP contribution is 2.46. The molecule has 2 aromatic carbocycles. The Labute approximate surface area is 203 Å². The predicted octanol–water partition coefficient (Wildman–Crippen LogP) is 4.98. The number of carboxylic acids is 1. The van der Waals surface area contributed by atoms with Crippen LogP contribution in [-0.2, 0) is 27.4 Å². The lowest BCUT2D eigenvalue weighted by Crippen LogP contribution is -2.27. The molecule has 1 aromatic heterocycles. The number of nitrogens with zero attached hydrogens (tertiary/aromatic N) is 1. The van der Waals surface area contributed by atoms with Crippen molar-refractivity contribution in [1.29, 1.82) is 0 Å². The normalized spacial score (nSPS) is 10.5. The Morgan fingerprint density at radius 1 is 1.03 bits per heavy atom. The quantitative estimate of drug-likeness (QED) is 0.391. The predicted molar refractivity (Wildman–Crippen MR) is 128 cm³/mol. The van der Waals surface area contributed by atoms with E-state index in [1.165, 1.54) is 14.0 Å². The molecule has 9 heteroatoms. The van der Waals surface area contributed by atoms with Crippen LogP contribution in [0.5, 0.6) is 5.75 Å². The van der Waals surface area contributed by atoms with Crippen LogP contribution in [-0.4, -0.2) is 41.6 Å². The summed E-state index contributed by atoms with van der Waals surface area (Å²) < 4.78 is 10.7. The number of amides is 1. The standard InChI is InChI=1S/C24H22BrNO6S/c1-15(27)26(12-16-7-4-3-5-8-16)13-17-9-6-10-18(11-17)22-20(25)21(32-14-19(28)29)23(33-22)24(30)31-2/h3-11H,12-14H2,1-2H3,(H,28,29). The maximum Gasteiger partial charge on any atom is 0.351 e. The van der Waals surface area contributed by atoms with Gasteiger partial charge in [-0.1, -0.05) is 48.5 Å². The maximum atomic E-state index is 12.2. The Hall–Kier alpha value is -3.17. The molecule has 0 bridgehead atoms. The molecule has 0 radical (unpaired) electrons. The highest BCUT2D eigenvalue weighted by molar-refractivity contribution is 9.10. The van der Waals surface area contributed by atoms with E-state index in [-0.39, 0.29) is 16.5 Å². The van der Waals surface area contributed by atoms with Crippen LogP contribution >= 0.6 is 27.3 Å². The van der Waals surface area contributed by atoms with E-state index in [1.54, 1.807) is 4.90 Å². The van der Waals surface area contributed by atoms with Crippen molar-refractivity contribution >= 4 is 45.1 Å². The van der Waals surface area contributed by atoms with Crippen LogP contribution in [0.4, 0.5) is 0 Å². The van der Waals surface area contributed by atoms with Crippen molar-refractivity contribution < 1.29 is 29.0 Å². The minimum Gasteiger partial charge on any atom is -0.479 e. The lowest BCUT2D eigenvalue weighted by atomic mass is 10.1. The number of thiophene rings is 1. The largest absolute Gasteiger partial charge is 0.479 e. The molecular weight excluding hydrogens is 510 g/mol. The number of halogens is 1. The summed E-state index contributed by atoms with van der Waals surface area (Å²) in [5.41, 5.74) is 2.74. The van der Waals surface area contributed by atoms with E-state index in [9.17, 15) is 14.4 Å². The molecule has 0 atom stereocenters. The molecule has 0 unspecified atom stereocenters. The van der Waals surface area contributed by atoms with Gasteiger partial charge in [-0.05, 0) is 38.7 Å². The Morgan fingerprint density at radius 3 is 2.33 bits per heavy atom. The third-order valence-corrected chi connectivity index (χ3v) is 6.96. The minimum absolute atomic E-state index is 0.0427. The summed E-state index contributed by atoms with van der Waals surface area (Å²) in [4.78, 5) is 38.0. The molecule has 0 aliphatic carbocycles. The average molecular weight is 532 g/mol. The smallest absolute Gasteiger partial charge is 0.351 e. The zero-order valence-corrected chi connectivity index (χ0v) is 20.4. The van der Waals surface area contributed by atoms with Gasteiger partial charge in [-0.25, -0.2) is 9.59 Å². The number of hydrogen-bond acceptors (Lipinski definition) is 6. The molecule has 0 saturated heterocycles. The van der Waals surface area contributed by atoms with E-state index >= 15 is 0 Å². The van der Waals surface area contributed by atoms with Gasteiger partial charge in [0.05, 0.1) is 16.5 Å². The maximum absolute atomic E-state index is 12.2. The number of carboxylic acid groups (broad SMARTS) is 1. The van der Waals surface area contributed by atoms with Crippen LogP contribution in [0.25, 0.3) is 10.4 Å². The van der Waals surface area contributed by atoms with Crippen LogP contribution in [0.3, 0.4) is 0 Å². The van der Waals surface area contributed by atoms with Gasteiger partial charge in [0.1, 0.15) is 0 Å². The highest BCUT2D eigenvalue weighted by Gasteiger charge is 2.25. The molecule has 1 heterocycles. The third kappa shape index (κ3) is 6.21. The average Bonchev–Trinajstić information content (AvgIpc) is 3.13. The van der Waals surface area contributed by atoms with E-state index in [1.807, 2.05) is 54.6 Å². The summed E-state index contributed by atoms with van der Waals surface area (Å²) in [5.74, 6) is -1.69. The molecule has 172 valence electrons. The molecule has 0 fully saturated rings. The Balaban J connectivity index is 1.91. The van der Waals surface area contributed by atoms with Crippen LogP contribution in [0, 0.1) is 0 Å². The molecule has 1 N–H and O–H groups in total. The molecule has 7 nitrogen and oxygen atoms in total. The molecule has 3 aromatic rings. The zero-order valence-electron chi connectivity index (χ0n) is 18.0. The number of carbonyl (C=O) groups excluding carboxylic acids is 2. The van der Waals surface area contributed by atoms with E-state index in [2.05, 4.69) is 15.9 Å². The van der Waals surface area contributed by atoms with Crippen LogP contribution in [0.1, 0.15) is 27.7 Å². The molecule has 0 aliphatic rings. The second-order valence-electron chi connectivity index (χ2n) is 7.14. The second-order valence-corrected chi connectivity index (χ2v) is 8.95. The fourth-order valence-electron chi connectivity index (χ4n) is 3.19. The highest BCUT2D eigenvalue weighted by atomic mass is 79.9. The lowest BCUT2D eigenvalue weighted by molar-refractivity contribution is -0.139. The number of methoxy groups -OCH3 is 1. The van der Waals surface area contributed by atoms with Gasteiger partial charge in [-0.3, -0.25) is 4.79 Å². The Bertz CT molecular complexity index is 1160. The van der Waals surface area contributed by atoms with Gasteiger partial charge in [0.25, 0.3) is 0 Å². The number of aliphatic carboxylic acids is 1. The van der Waals surface area contributed by atoms with Crippen LogP contribution in [0.2, 0.25) is 0 Å². The molecule has 33 heavy (non-hydrogen) atoms. The fraction of sp³-hybridized carbons (Fsp3) is 0.208. The van der Waals surface area contributed by atoms with Crippen molar-refractivity contribution in [2.75, 3.05) is 13.7 Å². The Morgan fingerprint density at radius 2 is 1.70 bits per heavy atom. The topological polar surface area (TPSA) is 93.1 Å². The van der Waals surface area contributed by atoms with Crippen molar-refractivity contribution in [3.8, 4) is 16.2 Å². The number of benzene rings is 2. The van der Waals surface area contributed by atoms with Crippen molar-refractivity contribution in [3.05, 3.63) is 75.1 Å². The SMILES string of the molecule is COC(=O)c1sc(-c2cccc(CN(Cc3ccccc3)C(C)=O)c2)c(Br)c1OCC(=O)O. The van der Waals surface area contributed by atoms with Gasteiger partial charge in [-0.2, -0.15) is 0 Å². The first-order chi connectivity index (χ1) is 15.8. The molecule has 0 spiro atoms. The van der Waals surface area contributed by atoms with Crippen molar-refractivity contribution in [3.63, 3.8) is 0 Å². The van der Waals surface area contributed by atoms with Crippen molar-refractivity contribution in [1.82, 2.24) is 4.90 Å². The molecular formula is C24H22BrNO6S. The third-order valence-electron chi connectivity index (χ3n) is 4.74. The molecule has 1 amide bonds. The van der Waals surface area contributed by atoms with Gasteiger partial charge in [-0.15, -0.1) is 11.3 Å².